The van der Waals surface area contributed by atoms with Gasteiger partial charge in [0.25, 0.3) is 0 Å². The van der Waals surface area contributed by atoms with Crippen molar-refractivity contribution in [2.24, 2.45) is 0 Å². The van der Waals surface area contributed by atoms with E-state index in [1.165, 1.54) is 4.31 Å². The van der Waals surface area contributed by atoms with Crippen LogP contribution in [0.3, 0.4) is 0 Å². The molecule has 6 nitrogen and oxygen atoms in total. The van der Waals surface area contributed by atoms with Crippen molar-refractivity contribution in [3.05, 3.63) is 0 Å². The molecule has 0 aliphatic carbocycles. The van der Waals surface area contributed by atoms with Gasteiger partial charge in [0, 0.05) is 19.1 Å². The van der Waals surface area contributed by atoms with Crippen LogP contribution in [-0.2, 0) is 14.8 Å². The fraction of sp³-hybridized carbons (Fsp3) is 0.900. The fourth-order valence-electron chi connectivity index (χ4n) is 2.28. The lowest BCUT2D eigenvalue weighted by Gasteiger charge is -2.24. The van der Waals surface area contributed by atoms with Gasteiger partial charge < -0.3 is 10.6 Å². The molecule has 18 heavy (non-hydrogen) atoms. The zero-order chi connectivity index (χ0) is 12.3. The molecule has 0 unspecified atom stereocenters. The summed E-state index contributed by atoms with van der Waals surface area (Å²) in [5.74, 6) is -0.0187. The Morgan fingerprint density at radius 1 is 1.39 bits per heavy atom. The van der Waals surface area contributed by atoms with Crippen molar-refractivity contribution in [2.75, 3.05) is 31.9 Å². The number of hydrogen-bond acceptors (Lipinski definition) is 4. The number of halogens is 1. The van der Waals surface area contributed by atoms with Gasteiger partial charge in [-0.15, -0.1) is 12.4 Å². The quantitative estimate of drug-likeness (QED) is 0.723. The summed E-state index contributed by atoms with van der Waals surface area (Å²) >= 11 is 0. The first-order valence-corrected chi connectivity index (χ1v) is 7.67. The molecule has 0 spiro atoms. The molecule has 2 fully saturated rings. The van der Waals surface area contributed by atoms with E-state index in [1.807, 2.05) is 0 Å². The van der Waals surface area contributed by atoms with E-state index in [0.29, 0.717) is 13.0 Å². The van der Waals surface area contributed by atoms with E-state index in [4.69, 9.17) is 0 Å². The van der Waals surface area contributed by atoms with Gasteiger partial charge in [-0.25, -0.2) is 8.42 Å². The van der Waals surface area contributed by atoms with E-state index in [9.17, 15) is 13.2 Å². The van der Waals surface area contributed by atoms with Gasteiger partial charge >= 0.3 is 0 Å². The molecule has 106 valence electrons. The van der Waals surface area contributed by atoms with Crippen LogP contribution in [0.25, 0.3) is 0 Å². The summed E-state index contributed by atoms with van der Waals surface area (Å²) < 4.78 is 24.3. The fourth-order valence-corrected chi connectivity index (χ4v) is 3.75. The minimum Gasteiger partial charge on any atom is -0.351 e. The molecule has 0 radical (unpaired) electrons. The number of hydrogen-bond donors (Lipinski definition) is 2. The summed E-state index contributed by atoms with van der Waals surface area (Å²) in [4.78, 5) is 11.7. The lowest BCUT2D eigenvalue weighted by Crippen LogP contribution is -2.48. The van der Waals surface area contributed by atoms with Crippen LogP contribution in [-0.4, -0.2) is 56.6 Å². The first kappa shape index (κ1) is 15.7. The normalized spacial score (nSPS) is 27.4. The van der Waals surface area contributed by atoms with Gasteiger partial charge in [0.05, 0.1) is 12.3 Å². The van der Waals surface area contributed by atoms with Crippen LogP contribution in [0.15, 0.2) is 0 Å². The maximum atomic E-state index is 11.7. The molecule has 2 heterocycles. The molecule has 0 aromatic heterocycles. The molecule has 0 aromatic rings. The molecule has 0 bridgehead atoms. The molecule has 0 saturated carbocycles. The molecule has 2 N–H and O–H groups in total. The largest absolute Gasteiger partial charge is 0.351 e. The lowest BCUT2D eigenvalue weighted by molar-refractivity contribution is -0.122. The van der Waals surface area contributed by atoms with Crippen molar-refractivity contribution < 1.29 is 13.2 Å². The van der Waals surface area contributed by atoms with Crippen LogP contribution in [0.4, 0.5) is 0 Å². The Bertz CT molecular complexity index is 382. The van der Waals surface area contributed by atoms with Gasteiger partial charge in [0.15, 0.2) is 0 Å². The van der Waals surface area contributed by atoms with Gasteiger partial charge in [0.2, 0.25) is 15.9 Å². The minimum absolute atomic E-state index is 0. The van der Waals surface area contributed by atoms with E-state index >= 15 is 0 Å². The number of carbonyl (C=O) groups excluding carboxylic acids is 1. The average Bonchev–Trinajstić information content (AvgIpc) is 2.59. The number of rotatable bonds is 3. The lowest BCUT2D eigenvalue weighted by atomic mass is 10.1. The Morgan fingerprint density at radius 3 is 2.72 bits per heavy atom. The predicted molar refractivity (Wildman–Crippen MR) is 71.3 cm³/mol. The van der Waals surface area contributed by atoms with Crippen molar-refractivity contribution in [2.45, 2.75) is 25.3 Å². The van der Waals surface area contributed by atoms with E-state index in [0.717, 1.165) is 25.9 Å². The topological polar surface area (TPSA) is 78.5 Å². The van der Waals surface area contributed by atoms with Crippen LogP contribution in [0.5, 0.6) is 0 Å². The average molecular weight is 298 g/mol. The van der Waals surface area contributed by atoms with Crippen LogP contribution in [0.2, 0.25) is 0 Å². The zero-order valence-corrected chi connectivity index (χ0v) is 11.9. The number of amides is 1. The molecule has 2 aliphatic heterocycles. The minimum atomic E-state index is -3.17. The smallest absolute Gasteiger partial charge is 0.235 e. The summed E-state index contributed by atoms with van der Waals surface area (Å²) in [6.07, 6.45) is 2.64. The third-order valence-electron chi connectivity index (χ3n) is 3.19. The second-order valence-corrected chi connectivity index (χ2v) is 6.70. The van der Waals surface area contributed by atoms with Crippen molar-refractivity contribution >= 4 is 28.3 Å². The van der Waals surface area contributed by atoms with E-state index in [1.54, 1.807) is 0 Å². The van der Waals surface area contributed by atoms with Crippen LogP contribution in [0.1, 0.15) is 19.3 Å². The zero-order valence-electron chi connectivity index (χ0n) is 10.2. The predicted octanol–water partition coefficient (Wildman–Crippen LogP) is -0.688. The summed E-state index contributed by atoms with van der Waals surface area (Å²) in [5, 5.41) is 6.08. The molecule has 1 amide bonds. The van der Waals surface area contributed by atoms with Crippen molar-refractivity contribution in [3.63, 3.8) is 0 Å². The molecule has 0 aromatic carbocycles. The highest BCUT2D eigenvalue weighted by molar-refractivity contribution is 7.89. The summed E-state index contributed by atoms with van der Waals surface area (Å²) in [6, 6.07) is 0.140. The van der Waals surface area contributed by atoms with Crippen LogP contribution >= 0.6 is 12.4 Å². The van der Waals surface area contributed by atoms with E-state index in [-0.39, 0.29) is 36.7 Å². The van der Waals surface area contributed by atoms with Gasteiger partial charge in [0.1, 0.15) is 0 Å². The van der Waals surface area contributed by atoms with Crippen molar-refractivity contribution in [3.8, 4) is 0 Å². The van der Waals surface area contributed by atoms with Crippen molar-refractivity contribution in [1.29, 1.82) is 0 Å². The Morgan fingerprint density at radius 2 is 2.17 bits per heavy atom. The number of nitrogens with one attached hydrogen (secondary N) is 2. The molecule has 2 aliphatic rings. The van der Waals surface area contributed by atoms with E-state index < -0.39 is 10.0 Å². The molecular weight excluding hydrogens is 278 g/mol. The molecule has 8 heteroatoms. The summed E-state index contributed by atoms with van der Waals surface area (Å²) in [5.41, 5.74) is 0. The third kappa shape index (κ3) is 4.08. The number of piperidine rings is 1. The first-order valence-electron chi connectivity index (χ1n) is 6.06. The second kappa shape index (κ2) is 6.70. The highest BCUT2D eigenvalue weighted by Crippen LogP contribution is 2.12. The molecular formula is C10H20ClN3O3S. The summed E-state index contributed by atoms with van der Waals surface area (Å²) in [6.45, 7) is 2.21. The van der Waals surface area contributed by atoms with Gasteiger partial charge in [-0.2, -0.15) is 4.31 Å². The molecule has 2 rings (SSSR count). The Hall–Kier alpha value is -0.370. The second-order valence-electron chi connectivity index (χ2n) is 4.61. The number of carbonyl (C=O) groups is 1. The molecule has 2 saturated heterocycles. The third-order valence-corrected chi connectivity index (χ3v) is 5.09. The van der Waals surface area contributed by atoms with Crippen LogP contribution in [0, 0.1) is 0 Å². The number of nitrogens with zero attached hydrogens (tertiary/aromatic N) is 1. The van der Waals surface area contributed by atoms with Gasteiger partial charge in [-0.05, 0) is 25.8 Å². The van der Waals surface area contributed by atoms with Gasteiger partial charge in [-0.3, -0.25) is 4.79 Å². The first-order chi connectivity index (χ1) is 8.08. The molecule has 1 atom stereocenters. The van der Waals surface area contributed by atoms with E-state index in [2.05, 4.69) is 10.6 Å². The highest BCUT2D eigenvalue weighted by atomic mass is 35.5. The maximum Gasteiger partial charge on any atom is 0.235 e. The SMILES string of the molecule is Cl.O=C(CN1CCCS1(=O)=O)N[C@H]1CCCNC1. The number of sulfonamides is 1. The highest BCUT2D eigenvalue weighted by Gasteiger charge is 2.30. The standard InChI is InChI=1S/C10H19N3O3S.ClH/c14-10(12-9-3-1-4-11-7-9)8-13-5-2-6-17(13,15)16;/h9,11H,1-8H2,(H,12,14);1H/t9-;/m0./s1. The van der Waals surface area contributed by atoms with Gasteiger partial charge in [-0.1, -0.05) is 0 Å². The maximum absolute atomic E-state index is 11.7. The Labute approximate surface area is 114 Å². The Balaban J connectivity index is 0.00000162. The monoisotopic (exact) mass is 297 g/mol. The van der Waals surface area contributed by atoms with Crippen molar-refractivity contribution in [1.82, 2.24) is 14.9 Å². The van der Waals surface area contributed by atoms with Crippen LogP contribution < -0.4 is 10.6 Å². The Kier molecular flexibility index (Phi) is 5.84. The summed E-state index contributed by atoms with van der Waals surface area (Å²) in [7, 11) is -3.17.